The van der Waals surface area contributed by atoms with Gasteiger partial charge in [-0.05, 0) is 43.4 Å². The third kappa shape index (κ3) is 2.48. The molecule has 114 valence electrons. The molecule has 2 aliphatic rings. The van der Waals surface area contributed by atoms with Crippen LogP contribution in [0.5, 0.6) is 0 Å². The van der Waals surface area contributed by atoms with Crippen molar-refractivity contribution in [1.82, 2.24) is 5.32 Å². The number of rotatable bonds is 2. The molecule has 0 aromatic heterocycles. The number of nitrogens with one attached hydrogen (secondary N) is 1. The van der Waals surface area contributed by atoms with E-state index in [9.17, 15) is 4.79 Å². The number of likely N-dealkylation sites (N-methyl/N-ethyl adjacent to an activating group) is 1. The predicted molar refractivity (Wildman–Crippen MR) is 86.5 cm³/mol. The van der Waals surface area contributed by atoms with Gasteiger partial charge in [-0.2, -0.15) is 0 Å². The number of hydrogen-bond donors (Lipinski definition) is 1. The van der Waals surface area contributed by atoms with Crippen LogP contribution in [0.4, 0.5) is 5.69 Å². The molecule has 1 aromatic carbocycles. The molecule has 1 saturated carbocycles. The molecule has 3 nitrogen and oxygen atoms in total. The minimum Gasteiger partial charge on any atom is -0.308 e. The molecule has 1 amide bonds. The highest BCUT2D eigenvalue weighted by Gasteiger charge is 2.43. The van der Waals surface area contributed by atoms with E-state index in [1.54, 1.807) is 0 Å². The van der Waals surface area contributed by atoms with E-state index in [0.29, 0.717) is 6.04 Å². The van der Waals surface area contributed by atoms with E-state index in [0.717, 1.165) is 24.9 Å². The van der Waals surface area contributed by atoms with E-state index in [2.05, 4.69) is 48.3 Å². The lowest BCUT2D eigenvalue weighted by molar-refractivity contribution is -0.123. The number of carbonyl (C=O) groups excluding carboxylic acids is 1. The van der Waals surface area contributed by atoms with Crippen LogP contribution in [0.3, 0.4) is 0 Å². The summed E-state index contributed by atoms with van der Waals surface area (Å²) in [7, 11) is 1.91. The van der Waals surface area contributed by atoms with Crippen LogP contribution in [-0.2, 0) is 11.2 Å². The van der Waals surface area contributed by atoms with Crippen LogP contribution in [0.2, 0.25) is 0 Å². The minimum atomic E-state index is -0.120. The van der Waals surface area contributed by atoms with Crippen LogP contribution >= 0.6 is 0 Å². The Kier molecular flexibility index (Phi) is 3.78. The Morgan fingerprint density at radius 1 is 1.19 bits per heavy atom. The van der Waals surface area contributed by atoms with E-state index in [4.69, 9.17) is 0 Å². The van der Waals surface area contributed by atoms with Crippen LogP contribution in [-0.4, -0.2) is 25.0 Å². The first kappa shape index (κ1) is 14.6. The second kappa shape index (κ2) is 5.45. The van der Waals surface area contributed by atoms with Gasteiger partial charge in [-0.15, -0.1) is 0 Å². The van der Waals surface area contributed by atoms with Gasteiger partial charge in [-0.25, -0.2) is 0 Å². The van der Waals surface area contributed by atoms with Crippen molar-refractivity contribution in [2.45, 2.75) is 58.0 Å². The maximum atomic E-state index is 13.2. The molecule has 1 atom stereocenters. The molecule has 1 aliphatic heterocycles. The molecule has 1 aliphatic carbocycles. The summed E-state index contributed by atoms with van der Waals surface area (Å²) in [6.45, 7) is 4.39. The molecule has 21 heavy (non-hydrogen) atoms. The van der Waals surface area contributed by atoms with Crippen LogP contribution in [0.15, 0.2) is 24.3 Å². The monoisotopic (exact) mass is 286 g/mol. The zero-order valence-electron chi connectivity index (χ0n) is 13.4. The topological polar surface area (TPSA) is 32.3 Å². The number of nitrogens with zero attached hydrogens (tertiary/aromatic N) is 1. The maximum Gasteiger partial charge on any atom is 0.244 e. The number of carbonyl (C=O) groups is 1. The first-order chi connectivity index (χ1) is 10.0. The molecule has 1 unspecified atom stereocenters. The normalized spacial score (nSPS) is 25.8. The lowest BCUT2D eigenvalue weighted by atomic mass is 9.79. The highest BCUT2D eigenvalue weighted by atomic mass is 16.2. The van der Waals surface area contributed by atoms with Gasteiger partial charge in [0.2, 0.25) is 5.91 Å². The first-order valence-electron chi connectivity index (χ1n) is 8.13. The Morgan fingerprint density at radius 2 is 1.86 bits per heavy atom. The van der Waals surface area contributed by atoms with Crippen LogP contribution < -0.4 is 10.2 Å². The molecule has 0 radical (unpaired) electrons. The van der Waals surface area contributed by atoms with Crippen molar-refractivity contribution < 1.29 is 4.79 Å². The standard InChI is InChI=1S/C18H26N2O/c1-18(2)12-13-8-4-7-11-15(13)20(14-9-5-6-10-14)17(21)16(18)19-3/h4,7-8,11,14,16,19H,5-6,9-10,12H2,1-3H3. The highest BCUT2D eigenvalue weighted by Crippen LogP contribution is 2.39. The van der Waals surface area contributed by atoms with E-state index in [1.165, 1.54) is 18.4 Å². The van der Waals surface area contributed by atoms with E-state index in [-0.39, 0.29) is 17.4 Å². The molecule has 3 rings (SSSR count). The summed E-state index contributed by atoms with van der Waals surface area (Å²) in [5.74, 6) is 0.249. The Morgan fingerprint density at radius 3 is 2.52 bits per heavy atom. The average molecular weight is 286 g/mol. The number of amides is 1. The average Bonchev–Trinajstić information content (AvgIpc) is 2.92. The predicted octanol–water partition coefficient (Wildman–Crippen LogP) is 3.13. The molecular weight excluding hydrogens is 260 g/mol. The third-order valence-electron chi connectivity index (χ3n) is 5.14. The smallest absolute Gasteiger partial charge is 0.244 e. The zero-order valence-corrected chi connectivity index (χ0v) is 13.4. The van der Waals surface area contributed by atoms with Gasteiger partial charge in [0.15, 0.2) is 0 Å². The number of anilines is 1. The second-order valence-corrected chi connectivity index (χ2v) is 7.16. The van der Waals surface area contributed by atoms with Crippen molar-refractivity contribution in [3.63, 3.8) is 0 Å². The molecule has 3 heteroatoms. The summed E-state index contributed by atoms with van der Waals surface area (Å²) >= 11 is 0. The molecule has 1 N–H and O–H groups in total. The molecule has 1 aromatic rings. The summed E-state index contributed by atoms with van der Waals surface area (Å²) in [6, 6.07) is 8.71. The van der Waals surface area contributed by atoms with Crippen molar-refractivity contribution in [1.29, 1.82) is 0 Å². The Labute approximate surface area is 127 Å². The van der Waals surface area contributed by atoms with Gasteiger partial charge in [0.05, 0.1) is 6.04 Å². The van der Waals surface area contributed by atoms with Crippen molar-refractivity contribution in [3.05, 3.63) is 29.8 Å². The largest absolute Gasteiger partial charge is 0.308 e. The van der Waals surface area contributed by atoms with Crippen molar-refractivity contribution in [2.75, 3.05) is 11.9 Å². The lowest BCUT2D eigenvalue weighted by Crippen LogP contribution is -2.54. The Hall–Kier alpha value is -1.35. The fourth-order valence-corrected chi connectivity index (χ4v) is 4.13. The van der Waals surface area contributed by atoms with Gasteiger partial charge < -0.3 is 10.2 Å². The van der Waals surface area contributed by atoms with Crippen LogP contribution in [0, 0.1) is 5.41 Å². The molecule has 1 fully saturated rings. The fraction of sp³-hybridized carbons (Fsp3) is 0.611. The quantitative estimate of drug-likeness (QED) is 0.906. The summed E-state index contributed by atoms with van der Waals surface area (Å²) in [4.78, 5) is 15.3. The van der Waals surface area contributed by atoms with E-state index in [1.807, 2.05) is 7.05 Å². The van der Waals surface area contributed by atoms with E-state index < -0.39 is 0 Å². The van der Waals surface area contributed by atoms with Crippen LogP contribution in [0.1, 0.15) is 45.1 Å². The van der Waals surface area contributed by atoms with Gasteiger partial charge in [0, 0.05) is 11.7 Å². The van der Waals surface area contributed by atoms with Gasteiger partial charge in [-0.1, -0.05) is 44.9 Å². The third-order valence-corrected chi connectivity index (χ3v) is 5.14. The summed E-state index contributed by atoms with van der Waals surface area (Å²) < 4.78 is 0. The lowest BCUT2D eigenvalue weighted by Gasteiger charge is -2.35. The van der Waals surface area contributed by atoms with Gasteiger partial charge in [-0.3, -0.25) is 4.79 Å². The van der Waals surface area contributed by atoms with Crippen molar-refractivity contribution in [3.8, 4) is 0 Å². The first-order valence-corrected chi connectivity index (χ1v) is 8.13. The molecule has 0 saturated heterocycles. The summed E-state index contributed by atoms with van der Waals surface area (Å²) in [5.41, 5.74) is 2.37. The highest BCUT2D eigenvalue weighted by molar-refractivity contribution is 5.99. The van der Waals surface area contributed by atoms with Gasteiger partial charge >= 0.3 is 0 Å². The summed E-state index contributed by atoms with van der Waals surface area (Å²) in [6.07, 6.45) is 5.69. The minimum absolute atomic E-state index is 0.0741. The van der Waals surface area contributed by atoms with Gasteiger partial charge in [0.25, 0.3) is 0 Å². The fourth-order valence-electron chi connectivity index (χ4n) is 4.13. The Balaban J connectivity index is 2.10. The SMILES string of the molecule is CNC1C(=O)N(C2CCCC2)c2ccccc2CC1(C)C. The summed E-state index contributed by atoms with van der Waals surface area (Å²) in [5, 5.41) is 3.28. The number of para-hydroxylation sites is 1. The van der Waals surface area contributed by atoms with Crippen molar-refractivity contribution in [2.24, 2.45) is 5.41 Å². The van der Waals surface area contributed by atoms with Crippen LogP contribution in [0.25, 0.3) is 0 Å². The maximum absolute atomic E-state index is 13.2. The van der Waals surface area contributed by atoms with Gasteiger partial charge in [0.1, 0.15) is 0 Å². The molecular formula is C18H26N2O. The number of hydrogen-bond acceptors (Lipinski definition) is 2. The second-order valence-electron chi connectivity index (χ2n) is 7.16. The van der Waals surface area contributed by atoms with Crippen molar-refractivity contribution >= 4 is 11.6 Å². The van der Waals surface area contributed by atoms with E-state index >= 15 is 0 Å². The zero-order chi connectivity index (χ0) is 15.0. The Bertz CT molecular complexity index is 532. The number of benzene rings is 1. The molecule has 0 bridgehead atoms. The molecule has 1 heterocycles. The molecule has 0 spiro atoms. The number of fused-ring (bicyclic) bond motifs is 1.